The molecule has 4 heterocycles. The predicted molar refractivity (Wildman–Crippen MR) is 255 cm³/mol. The predicted octanol–water partition coefficient (Wildman–Crippen LogP) is -5.08. The van der Waals surface area contributed by atoms with E-state index in [-0.39, 0.29) is 49.9 Å². The monoisotopic (exact) mass is 1110 g/mol. The van der Waals surface area contributed by atoms with Crippen molar-refractivity contribution in [2.24, 2.45) is 23.7 Å². The van der Waals surface area contributed by atoms with Crippen LogP contribution in [0.4, 0.5) is 0 Å². The fourth-order valence-electron chi connectivity index (χ4n) is 12.2. The molecule has 4 aliphatic heterocycles. The summed E-state index contributed by atoms with van der Waals surface area (Å²) < 4.78 is 54.7. The largest absolute Gasteiger partial charge is 0.460 e. The second kappa shape index (κ2) is 27.1. The van der Waals surface area contributed by atoms with Gasteiger partial charge in [0.1, 0.15) is 86.5 Å². The van der Waals surface area contributed by atoms with E-state index in [0.717, 1.165) is 12.2 Å². The molecule has 8 fully saturated rings. The van der Waals surface area contributed by atoms with Gasteiger partial charge in [-0.25, -0.2) is 9.59 Å². The van der Waals surface area contributed by atoms with Crippen LogP contribution in [0.2, 0.25) is 0 Å². The Hall–Kier alpha value is -2.46. The van der Waals surface area contributed by atoms with Gasteiger partial charge in [-0.05, 0) is 94.8 Å². The molecule has 4 saturated carbocycles. The Morgan fingerprint density at radius 1 is 0.442 bits per heavy atom. The first-order valence-corrected chi connectivity index (χ1v) is 27.1. The van der Waals surface area contributed by atoms with Crippen LogP contribution in [0.25, 0.3) is 0 Å². The van der Waals surface area contributed by atoms with Crippen molar-refractivity contribution >= 4 is 11.9 Å². The van der Waals surface area contributed by atoms with E-state index in [1.165, 1.54) is 12.2 Å². The highest BCUT2D eigenvalue weighted by Gasteiger charge is 2.56. The number of carbonyl (C=O) groups is 2. The van der Waals surface area contributed by atoms with E-state index >= 15 is 0 Å². The summed E-state index contributed by atoms with van der Waals surface area (Å²) in [5, 5.41) is 160. The molecular formula is C51H80O26. The van der Waals surface area contributed by atoms with Crippen LogP contribution < -0.4 is 0 Å². The molecule has 0 aromatic rings. The maximum absolute atomic E-state index is 13.1. The van der Waals surface area contributed by atoms with Gasteiger partial charge >= 0.3 is 11.9 Å². The number of aliphatic hydroxyl groups excluding tert-OH is 15. The third-order valence-electron chi connectivity index (χ3n) is 16.9. The lowest BCUT2D eigenvalue weighted by atomic mass is 9.73. The summed E-state index contributed by atoms with van der Waals surface area (Å²) in [6.45, 7) is -2.07. The molecule has 27 atom stereocenters. The number of ether oxygens (including phenoxy) is 9. The Morgan fingerprint density at radius 3 is 1.48 bits per heavy atom. The minimum absolute atomic E-state index is 0.0260. The molecule has 4 saturated heterocycles. The molecule has 8 rings (SSSR count). The lowest BCUT2D eigenvalue weighted by Gasteiger charge is -2.52. The summed E-state index contributed by atoms with van der Waals surface area (Å²) in [6.07, 6.45) is -26.1. The summed E-state index contributed by atoms with van der Waals surface area (Å²) in [6, 6.07) is 0. The lowest BCUT2D eigenvalue weighted by Crippen LogP contribution is -2.66. The van der Waals surface area contributed by atoms with Crippen LogP contribution >= 0.6 is 0 Å². The Balaban J connectivity index is 1.03. The summed E-state index contributed by atoms with van der Waals surface area (Å²) in [7, 11) is 0. The first-order chi connectivity index (χ1) is 36.7. The normalized spacial score (nSPS) is 49.1. The SMILES string of the molecule is O=C(C=CC1CCC(O)C(O)C1)OCC1OC(OC2C(OC3CC4C(OC5OC(CO)C(O)C(O)C5O)CC(O)CC4OC3C3CCC(O)CC3)OC(COC(=O)C=CC3CCC(O)C(O)C3)C(O)C2O)C(O)C(O)C1O. The van der Waals surface area contributed by atoms with Gasteiger partial charge < -0.3 is 119 Å². The standard InChI is InChI=1S/C51H80O26/c52-18-34-39(61)42(64)45(67)49(74-34)72-32-16-25(54)15-31-26(32)17-33(47(71-31)23-5-7-24(53)8-6-23)73-51-48(44(66)41(63)36(76-51)20-70-38(60)12-4-22-2-10-28(56)30(58)14-22)77-50-46(68)43(65)40(62)35(75-50)19-69-37(59)11-3-21-1-9-27(55)29(57)13-21/h3-4,11-12,21-36,39-58,61-68H,1-2,5-10,13-20H2. The molecule has 0 aromatic heterocycles. The summed E-state index contributed by atoms with van der Waals surface area (Å²) in [5.41, 5.74) is 0. The van der Waals surface area contributed by atoms with Gasteiger partial charge in [0.25, 0.3) is 0 Å². The van der Waals surface area contributed by atoms with Gasteiger partial charge in [-0.1, -0.05) is 12.2 Å². The molecular weight excluding hydrogens is 1030 g/mol. The average Bonchev–Trinajstić information content (AvgIpc) is 3.42. The van der Waals surface area contributed by atoms with Gasteiger partial charge in [-0.2, -0.15) is 0 Å². The van der Waals surface area contributed by atoms with Crippen molar-refractivity contribution in [3.63, 3.8) is 0 Å². The number of esters is 2. The molecule has 0 bridgehead atoms. The van der Waals surface area contributed by atoms with Crippen molar-refractivity contribution in [1.29, 1.82) is 0 Å². The van der Waals surface area contributed by atoms with Crippen LogP contribution in [-0.2, 0) is 52.2 Å². The fraction of sp³-hybridized carbons (Fsp3) is 0.882. The van der Waals surface area contributed by atoms with Gasteiger partial charge in [0, 0.05) is 24.5 Å². The van der Waals surface area contributed by atoms with Crippen molar-refractivity contribution in [3.05, 3.63) is 24.3 Å². The zero-order valence-electron chi connectivity index (χ0n) is 42.6. The quantitative estimate of drug-likeness (QED) is 0.0508. The number of allylic oxidation sites excluding steroid dienone is 2. The molecule has 0 aromatic carbocycles. The maximum atomic E-state index is 13.1. The van der Waals surface area contributed by atoms with E-state index in [4.69, 9.17) is 42.6 Å². The number of aliphatic hydroxyl groups is 15. The third kappa shape index (κ3) is 14.8. The molecule has 27 unspecified atom stereocenters. The highest BCUT2D eigenvalue weighted by Crippen LogP contribution is 2.45. The van der Waals surface area contributed by atoms with Crippen LogP contribution in [-0.4, -0.2) is 262 Å². The first kappa shape index (κ1) is 60.6. The van der Waals surface area contributed by atoms with E-state index in [9.17, 15) is 86.2 Å². The van der Waals surface area contributed by atoms with E-state index in [1.54, 1.807) is 0 Å². The zero-order chi connectivity index (χ0) is 55.4. The average molecular weight is 1110 g/mol. The van der Waals surface area contributed by atoms with Gasteiger partial charge in [-0.3, -0.25) is 0 Å². The molecule has 0 radical (unpaired) electrons. The van der Waals surface area contributed by atoms with E-state index in [2.05, 4.69) is 0 Å². The van der Waals surface area contributed by atoms with Crippen LogP contribution in [0.15, 0.2) is 24.3 Å². The molecule has 8 aliphatic rings. The second-order valence-corrected chi connectivity index (χ2v) is 22.3. The first-order valence-electron chi connectivity index (χ1n) is 27.1. The molecule has 26 nitrogen and oxygen atoms in total. The molecule has 77 heavy (non-hydrogen) atoms. The highest BCUT2D eigenvalue weighted by atomic mass is 16.8. The Kier molecular flexibility index (Phi) is 21.3. The zero-order valence-corrected chi connectivity index (χ0v) is 42.6. The van der Waals surface area contributed by atoms with E-state index in [1.807, 2.05) is 0 Å². The molecule has 0 amide bonds. The second-order valence-electron chi connectivity index (χ2n) is 22.3. The van der Waals surface area contributed by atoms with Gasteiger partial charge in [-0.15, -0.1) is 0 Å². The van der Waals surface area contributed by atoms with Crippen molar-refractivity contribution in [2.75, 3.05) is 19.8 Å². The number of carbonyl (C=O) groups excluding carboxylic acids is 2. The van der Waals surface area contributed by atoms with Crippen molar-refractivity contribution in [2.45, 2.75) is 237 Å². The molecule has 0 spiro atoms. The van der Waals surface area contributed by atoms with Crippen molar-refractivity contribution < 1.29 is 129 Å². The minimum atomic E-state index is -2.04. The molecule has 15 N–H and O–H groups in total. The number of rotatable bonds is 16. The van der Waals surface area contributed by atoms with Crippen molar-refractivity contribution in [3.8, 4) is 0 Å². The van der Waals surface area contributed by atoms with E-state index < -0.39 is 191 Å². The number of hydrogen-bond donors (Lipinski definition) is 15. The van der Waals surface area contributed by atoms with Crippen LogP contribution in [0.3, 0.4) is 0 Å². The van der Waals surface area contributed by atoms with Crippen LogP contribution in [0, 0.1) is 23.7 Å². The topological polar surface area (TPSA) is 421 Å². The Morgan fingerprint density at radius 2 is 0.935 bits per heavy atom. The number of hydrogen-bond acceptors (Lipinski definition) is 26. The van der Waals surface area contributed by atoms with Crippen molar-refractivity contribution in [1.82, 2.24) is 0 Å². The summed E-state index contributed by atoms with van der Waals surface area (Å²) in [4.78, 5) is 25.9. The van der Waals surface area contributed by atoms with Crippen LogP contribution in [0.5, 0.6) is 0 Å². The Bertz CT molecular complexity index is 1940. The van der Waals surface area contributed by atoms with E-state index in [0.29, 0.717) is 51.4 Å². The number of fused-ring (bicyclic) bond motifs is 1. The summed E-state index contributed by atoms with van der Waals surface area (Å²) >= 11 is 0. The summed E-state index contributed by atoms with van der Waals surface area (Å²) in [5.74, 6) is -3.18. The highest BCUT2D eigenvalue weighted by molar-refractivity contribution is 5.82. The minimum Gasteiger partial charge on any atom is -0.460 e. The van der Waals surface area contributed by atoms with Gasteiger partial charge in [0.2, 0.25) is 0 Å². The van der Waals surface area contributed by atoms with Crippen LogP contribution in [0.1, 0.15) is 83.5 Å². The molecule has 4 aliphatic carbocycles. The smallest absolute Gasteiger partial charge is 0.330 e. The Labute approximate surface area is 444 Å². The third-order valence-corrected chi connectivity index (χ3v) is 16.9. The molecule has 440 valence electrons. The molecule has 26 heteroatoms. The lowest BCUT2D eigenvalue weighted by molar-refractivity contribution is -0.380. The fourth-order valence-corrected chi connectivity index (χ4v) is 12.2. The maximum Gasteiger partial charge on any atom is 0.330 e. The van der Waals surface area contributed by atoms with Gasteiger partial charge in [0.15, 0.2) is 18.9 Å². The van der Waals surface area contributed by atoms with Gasteiger partial charge in [0.05, 0.1) is 67.6 Å².